The van der Waals surface area contributed by atoms with Crippen molar-refractivity contribution in [3.05, 3.63) is 0 Å². The number of hydrogen-bond acceptors (Lipinski definition) is 3. The number of rotatable bonds is 4. The van der Waals surface area contributed by atoms with Gasteiger partial charge in [0.2, 0.25) is 10.0 Å². The van der Waals surface area contributed by atoms with E-state index < -0.39 is 40.4 Å². The molecule has 0 aromatic heterocycles. The van der Waals surface area contributed by atoms with Crippen molar-refractivity contribution in [3.8, 4) is 0 Å². The SMILES string of the molecule is CC1(O)CCCN(S(=O)(=O)CCCC(F)(F)F)C1. The van der Waals surface area contributed by atoms with Crippen LogP contribution in [0.3, 0.4) is 0 Å². The van der Waals surface area contributed by atoms with E-state index in [0.717, 1.165) is 4.31 Å². The number of nitrogens with zero attached hydrogens (tertiary/aromatic N) is 1. The van der Waals surface area contributed by atoms with Gasteiger partial charge in [-0.2, -0.15) is 17.5 Å². The molecule has 1 aliphatic heterocycles. The van der Waals surface area contributed by atoms with E-state index in [0.29, 0.717) is 12.8 Å². The summed E-state index contributed by atoms with van der Waals surface area (Å²) in [6.07, 6.45) is -4.85. The minimum absolute atomic E-state index is 0.0403. The third-order valence-electron chi connectivity index (χ3n) is 2.90. The lowest BCUT2D eigenvalue weighted by Crippen LogP contribution is -2.49. The van der Waals surface area contributed by atoms with Crippen molar-refractivity contribution in [2.45, 2.75) is 44.4 Å². The molecule has 1 fully saturated rings. The normalized spacial score (nSPS) is 27.4. The molecule has 0 aromatic rings. The zero-order valence-corrected chi connectivity index (χ0v) is 11.0. The Morgan fingerprint density at radius 3 is 2.50 bits per heavy atom. The largest absolute Gasteiger partial charge is 0.389 e. The molecule has 1 atom stereocenters. The fourth-order valence-corrected chi connectivity index (χ4v) is 3.65. The van der Waals surface area contributed by atoms with E-state index in [4.69, 9.17) is 0 Å². The Bertz CT molecular complexity index is 378. The van der Waals surface area contributed by atoms with Crippen LogP contribution in [0.5, 0.6) is 0 Å². The van der Waals surface area contributed by atoms with Gasteiger partial charge in [-0.25, -0.2) is 8.42 Å². The standard InChI is InChI=1S/C10H18F3NO3S/c1-9(15)4-2-6-14(8-9)18(16,17)7-3-5-10(11,12)13/h15H,2-8H2,1H3. The van der Waals surface area contributed by atoms with Crippen LogP contribution in [0.25, 0.3) is 0 Å². The van der Waals surface area contributed by atoms with Gasteiger partial charge in [-0.1, -0.05) is 0 Å². The molecule has 0 spiro atoms. The van der Waals surface area contributed by atoms with Gasteiger partial charge >= 0.3 is 6.18 Å². The Balaban J connectivity index is 2.53. The van der Waals surface area contributed by atoms with Crippen molar-refractivity contribution in [1.82, 2.24) is 4.31 Å². The molecule has 1 rings (SSSR count). The van der Waals surface area contributed by atoms with Gasteiger partial charge in [0.25, 0.3) is 0 Å². The first-order chi connectivity index (χ1) is 8.02. The Kier molecular flexibility index (Phi) is 4.66. The lowest BCUT2D eigenvalue weighted by atomic mass is 9.97. The minimum atomic E-state index is -4.33. The highest BCUT2D eigenvalue weighted by Gasteiger charge is 2.35. The average molecular weight is 289 g/mol. The molecule has 0 radical (unpaired) electrons. The van der Waals surface area contributed by atoms with Crippen molar-refractivity contribution in [3.63, 3.8) is 0 Å². The third-order valence-corrected chi connectivity index (χ3v) is 4.80. The molecular weight excluding hydrogens is 271 g/mol. The highest BCUT2D eigenvalue weighted by atomic mass is 32.2. The van der Waals surface area contributed by atoms with Crippen LogP contribution in [-0.4, -0.2) is 48.4 Å². The Morgan fingerprint density at radius 2 is 2.00 bits per heavy atom. The summed E-state index contributed by atoms with van der Waals surface area (Å²) in [5.74, 6) is -0.525. The fourth-order valence-electron chi connectivity index (χ4n) is 2.00. The fraction of sp³-hybridized carbons (Fsp3) is 1.00. The van der Waals surface area contributed by atoms with Crippen LogP contribution in [0, 0.1) is 0 Å². The molecular formula is C10H18F3NO3S. The highest BCUT2D eigenvalue weighted by Crippen LogP contribution is 2.25. The molecule has 1 heterocycles. The summed E-state index contributed by atoms with van der Waals surface area (Å²) in [4.78, 5) is 0. The summed E-state index contributed by atoms with van der Waals surface area (Å²) in [5.41, 5.74) is -1.09. The van der Waals surface area contributed by atoms with Gasteiger partial charge in [-0.05, 0) is 26.2 Å². The van der Waals surface area contributed by atoms with Crippen LogP contribution in [0.4, 0.5) is 13.2 Å². The quantitative estimate of drug-likeness (QED) is 0.853. The van der Waals surface area contributed by atoms with E-state index in [2.05, 4.69) is 0 Å². The number of halogens is 3. The van der Waals surface area contributed by atoms with Crippen LogP contribution in [-0.2, 0) is 10.0 Å². The van der Waals surface area contributed by atoms with Gasteiger partial charge in [0.05, 0.1) is 11.4 Å². The second-order valence-electron chi connectivity index (χ2n) is 4.97. The van der Waals surface area contributed by atoms with Crippen molar-refractivity contribution in [1.29, 1.82) is 0 Å². The maximum atomic E-state index is 11.9. The summed E-state index contributed by atoms with van der Waals surface area (Å²) in [6.45, 7) is 1.76. The van der Waals surface area contributed by atoms with Crippen LogP contribution in [0.15, 0.2) is 0 Å². The Labute approximate surface area is 105 Å². The van der Waals surface area contributed by atoms with Crippen molar-refractivity contribution < 1.29 is 26.7 Å². The molecule has 18 heavy (non-hydrogen) atoms. The van der Waals surface area contributed by atoms with E-state index in [-0.39, 0.29) is 13.1 Å². The predicted octanol–water partition coefficient (Wildman–Crippen LogP) is 1.51. The molecule has 0 aliphatic carbocycles. The van der Waals surface area contributed by atoms with Crippen molar-refractivity contribution in [2.75, 3.05) is 18.8 Å². The van der Waals surface area contributed by atoms with Crippen LogP contribution >= 0.6 is 0 Å². The molecule has 1 saturated heterocycles. The summed E-state index contributed by atoms with van der Waals surface area (Å²) < 4.78 is 60.5. The molecule has 0 saturated carbocycles. The second kappa shape index (κ2) is 5.34. The predicted molar refractivity (Wildman–Crippen MR) is 60.5 cm³/mol. The van der Waals surface area contributed by atoms with E-state index >= 15 is 0 Å². The van der Waals surface area contributed by atoms with Crippen molar-refractivity contribution in [2.24, 2.45) is 0 Å². The van der Waals surface area contributed by atoms with E-state index in [1.807, 2.05) is 0 Å². The smallest absolute Gasteiger partial charge is 0.389 e. The summed E-state index contributed by atoms with van der Waals surface area (Å²) >= 11 is 0. The summed E-state index contributed by atoms with van der Waals surface area (Å²) in [6, 6.07) is 0. The first-order valence-corrected chi connectivity index (χ1v) is 7.40. The van der Waals surface area contributed by atoms with E-state index in [9.17, 15) is 26.7 Å². The molecule has 0 aromatic carbocycles. The monoisotopic (exact) mass is 289 g/mol. The zero-order valence-electron chi connectivity index (χ0n) is 10.2. The topological polar surface area (TPSA) is 57.6 Å². The lowest BCUT2D eigenvalue weighted by Gasteiger charge is -2.36. The van der Waals surface area contributed by atoms with Crippen LogP contribution in [0.2, 0.25) is 0 Å². The van der Waals surface area contributed by atoms with E-state index in [1.165, 1.54) is 6.92 Å². The molecule has 0 amide bonds. The average Bonchev–Trinajstić information content (AvgIpc) is 2.13. The second-order valence-corrected chi connectivity index (χ2v) is 7.06. The number of sulfonamides is 1. The number of aliphatic hydroxyl groups is 1. The molecule has 1 N–H and O–H groups in total. The first-order valence-electron chi connectivity index (χ1n) is 5.79. The number of alkyl halides is 3. The number of piperidine rings is 1. The third kappa shape index (κ3) is 5.11. The molecule has 4 nitrogen and oxygen atoms in total. The minimum Gasteiger partial charge on any atom is -0.389 e. The summed E-state index contributed by atoms with van der Waals surface area (Å²) in [5, 5.41) is 9.78. The molecule has 1 unspecified atom stereocenters. The molecule has 0 bridgehead atoms. The molecule has 1 aliphatic rings. The van der Waals surface area contributed by atoms with Gasteiger partial charge in [-0.15, -0.1) is 0 Å². The van der Waals surface area contributed by atoms with Gasteiger partial charge in [0, 0.05) is 19.5 Å². The Morgan fingerprint density at radius 1 is 1.39 bits per heavy atom. The molecule has 8 heteroatoms. The zero-order chi connectivity index (χ0) is 14.0. The highest BCUT2D eigenvalue weighted by molar-refractivity contribution is 7.89. The van der Waals surface area contributed by atoms with Gasteiger partial charge in [0.15, 0.2) is 0 Å². The number of β-amino-alcohol motifs (C(OH)–C–C–N with tert-alkyl or cyclic N) is 1. The maximum absolute atomic E-state index is 11.9. The summed E-state index contributed by atoms with van der Waals surface area (Å²) in [7, 11) is -3.70. The first kappa shape index (κ1) is 15.7. The Hall–Kier alpha value is -0.340. The lowest BCUT2D eigenvalue weighted by molar-refractivity contribution is -0.134. The van der Waals surface area contributed by atoms with Gasteiger partial charge in [0.1, 0.15) is 0 Å². The number of hydrogen-bond donors (Lipinski definition) is 1. The van der Waals surface area contributed by atoms with Gasteiger partial charge < -0.3 is 5.11 Å². The molecule has 108 valence electrons. The maximum Gasteiger partial charge on any atom is 0.389 e. The van der Waals surface area contributed by atoms with Crippen LogP contribution < -0.4 is 0 Å². The van der Waals surface area contributed by atoms with Crippen LogP contribution in [0.1, 0.15) is 32.6 Å². The van der Waals surface area contributed by atoms with Crippen molar-refractivity contribution >= 4 is 10.0 Å². The van der Waals surface area contributed by atoms with E-state index in [1.54, 1.807) is 0 Å². The van der Waals surface area contributed by atoms with Gasteiger partial charge in [-0.3, -0.25) is 0 Å².